The quantitative estimate of drug-likeness (QED) is 0.726. The van der Waals surface area contributed by atoms with E-state index in [1.807, 2.05) is 17.5 Å². The average molecular weight is 312 g/mol. The lowest BCUT2D eigenvalue weighted by atomic mass is 10.3. The lowest BCUT2D eigenvalue weighted by molar-refractivity contribution is -0.138. The van der Waals surface area contributed by atoms with Crippen molar-refractivity contribution in [1.29, 1.82) is 0 Å². The second-order valence-corrected chi connectivity index (χ2v) is 5.64. The molecule has 0 spiro atoms. The molecule has 2 amide bonds. The predicted octanol–water partition coefficient (Wildman–Crippen LogP) is 0.696. The molecule has 1 aromatic heterocycles. The van der Waals surface area contributed by atoms with Gasteiger partial charge < -0.3 is 19.3 Å². The Bertz CT molecular complexity index is 456. The molecule has 0 atom stereocenters. The fourth-order valence-electron chi connectivity index (χ4n) is 2.11. The zero-order valence-electron chi connectivity index (χ0n) is 12.1. The van der Waals surface area contributed by atoms with E-state index in [9.17, 15) is 9.59 Å². The third-order valence-electron chi connectivity index (χ3n) is 3.31. The molecular formula is C14H20N2O4S. The average Bonchev–Trinajstić information content (AvgIpc) is 3.05. The summed E-state index contributed by atoms with van der Waals surface area (Å²) in [6.45, 7) is 3.23. The third-order valence-corrected chi connectivity index (χ3v) is 4.17. The molecule has 2 heterocycles. The topological polar surface area (TPSA) is 59.1 Å². The Morgan fingerprint density at radius 3 is 2.52 bits per heavy atom. The highest BCUT2D eigenvalue weighted by molar-refractivity contribution is 7.12. The lowest BCUT2D eigenvalue weighted by Crippen LogP contribution is -2.51. The standard InChI is InChI=1S/C14H20N2O4S/c1-19-8-9-20-11-13(17)15-4-6-16(7-5-15)14(18)12-3-2-10-21-12/h2-3,10H,4-9,11H2,1H3. The van der Waals surface area contributed by atoms with Crippen LogP contribution in [0.5, 0.6) is 0 Å². The largest absolute Gasteiger partial charge is 0.382 e. The minimum atomic E-state index is -0.0330. The van der Waals surface area contributed by atoms with Crippen molar-refractivity contribution in [2.45, 2.75) is 0 Å². The van der Waals surface area contributed by atoms with Gasteiger partial charge in [-0.25, -0.2) is 0 Å². The number of hydrogen-bond donors (Lipinski definition) is 0. The van der Waals surface area contributed by atoms with E-state index in [-0.39, 0.29) is 18.4 Å². The number of amides is 2. The molecule has 0 N–H and O–H groups in total. The summed E-state index contributed by atoms with van der Waals surface area (Å²) in [6, 6.07) is 3.70. The fraction of sp³-hybridized carbons (Fsp3) is 0.571. The van der Waals surface area contributed by atoms with Crippen LogP contribution in [-0.4, -0.2) is 74.7 Å². The molecule has 1 fully saturated rings. The molecule has 21 heavy (non-hydrogen) atoms. The molecule has 7 heteroatoms. The summed E-state index contributed by atoms with van der Waals surface area (Å²) in [5.74, 6) is 0.0165. The van der Waals surface area contributed by atoms with Crippen molar-refractivity contribution in [3.8, 4) is 0 Å². The van der Waals surface area contributed by atoms with Crippen LogP contribution in [0.2, 0.25) is 0 Å². The monoisotopic (exact) mass is 312 g/mol. The summed E-state index contributed by atoms with van der Waals surface area (Å²) in [5, 5.41) is 1.89. The van der Waals surface area contributed by atoms with Crippen LogP contribution in [0.3, 0.4) is 0 Å². The van der Waals surface area contributed by atoms with Gasteiger partial charge in [-0.15, -0.1) is 11.3 Å². The summed E-state index contributed by atoms with van der Waals surface area (Å²) in [4.78, 5) is 28.4. The van der Waals surface area contributed by atoms with Crippen LogP contribution in [0.4, 0.5) is 0 Å². The maximum Gasteiger partial charge on any atom is 0.264 e. The van der Waals surface area contributed by atoms with Gasteiger partial charge in [-0.3, -0.25) is 9.59 Å². The number of carbonyl (C=O) groups is 2. The van der Waals surface area contributed by atoms with Gasteiger partial charge in [-0.05, 0) is 11.4 Å². The first-order chi connectivity index (χ1) is 10.2. The molecule has 1 saturated heterocycles. The highest BCUT2D eigenvalue weighted by Crippen LogP contribution is 2.13. The molecule has 0 bridgehead atoms. The summed E-state index contributed by atoms with van der Waals surface area (Å²) in [7, 11) is 1.59. The van der Waals surface area contributed by atoms with Crippen LogP contribution < -0.4 is 0 Å². The molecule has 0 aromatic carbocycles. The molecule has 0 aliphatic carbocycles. The fourth-order valence-corrected chi connectivity index (χ4v) is 2.80. The van der Waals surface area contributed by atoms with E-state index in [2.05, 4.69) is 0 Å². The number of rotatable bonds is 6. The second kappa shape index (κ2) is 8.11. The zero-order chi connectivity index (χ0) is 15.1. The van der Waals surface area contributed by atoms with Gasteiger partial charge in [0.25, 0.3) is 5.91 Å². The Labute approximate surface area is 128 Å². The number of thiophene rings is 1. The number of ether oxygens (including phenoxy) is 2. The van der Waals surface area contributed by atoms with Gasteiger partial charge in [0.15, 0.2) is 0 Å². The van der Waals surface area contributed by atoms with Crippen molar-refractivity contribution in [2.24, 2.45) is 0 Å². The molecule has 0 saturated carbocycles. The summed E-state index contributed by atoms with van der Waals surface area (Å²) in [5.41, 5.74) is 0. The van der Waals surface area contributed by atoms with Crippen LogP contribution >= 0.6 is 11.3 Å². The molecule has 1 aliphatic rings. The maximum atomic E-state index is 12.2. The zero-order valence-corrected chi connectivity index (χ0v) is 12.9. The van der Waals surface area contributed by atoms with Crippen LogP contribution in [0, 0.1) is 0 Å². The van der Waals surface area contributed by atoms with E-state index in [0.717, 1.165) is 4.88 Å². The van der Waals surface area contributed by atoms with Gasteiger partial charge in [-0.1, -0.05) is 6.07 Å². The first-order valence-corrected chi connectivity index (χ1v) is 7.77. The molecule has 1 aliphatic heterocycles. The molecule has 116 valence electrons. The van der Waals surface area contributed by atoms with Crippen molar-refractivity contribution in [1.82, 2.24) is 9.80 Å². The van der Waals surface area contributed by atoms with Gasteiger partial charge in [0.05, 0.1) is 18.1 Å². The van der Waals surface area contributed by atoms with Crippen molar-refractivity contribution in [3.63, 3.8) is 0 Å². The van der Waals surface area contributed by atoms with Crippen molar-refractivity contribution >= 4 is 23.2 Å². The number of methoxy groups -OCH3 is 1. The smallest absolute Gasteiger partial charge is 0.264 e. The Morgan fingerprint density at radius 2 is 1.90 bits per heavy atom. The third kappa shape index (κ3) is 4.52. The van der Waals surface area contributed by atoms with Gasteiger partial charge in [0, 0.05) is 33.3 Å². The van der Waals surface area contributed by atoms with Gasteiger partial charge in [-0.2, -0.15) is 0 Å². The number of carbonyl (C=O) groups excluding carboxylic acids is 2. The predicted molar refractivity (Wildman–Crippen MR) is 79.5 cm³/mol. The Hall–Kier alpha value is -1.44. The van der Waals surface area contributed by atoms with Crippen molar-refractivity contribution in [3.05, 3.63) is 22.4 Å². The van der Waals surface area contributed by atoms with Gasteiger partial charge in [0.2, 0.25) is 5.91 Å². The molecule has 0 radical (unpaired) electrons. The molecule has 6 nitrogen and oxygen atoms in total. The second-order valence-electron chi connectivity index (χ2n) is 4.70. The maximum absolute atomic E-state index is 12.2. The van der Waals surface area contributed by atoms with Crippen LogP contribution in [-0.2, 0) is 14.3 Å². The number of nitrogens with zero attached hydrogens (tertiary/aromatic N) is 2. The SMILES string of the molecule is COCCOCC(=O)N1CCN(C(=O)c2cccs2)CC1. The van der Waals surface area contributed by atoms with Gasteiger partial charge in [0.1, 0.15) is 6.61 Å². The number of piperazine rings is 1. The van der Waals surface area contributed by atoms with Crippen LogP contribution in [0.25, 0.3) is 0 Å². The van der Waals surface area contributed by atoms with E-state index in [4.69, 9.17) is 9.47 Å². The van der Waals surface area contributed by atoms with E-state index in [1.54, 1.807) is 16.9 Å². The molecule has 0 unspecified atom stereocenters. The summed E-state index contributed by atoms with van der Waals surface area (Å²) in [6.07, 6.45) is 0. The van der Waals surface area contributed by atoms with Crippen LogP contribution in [0.15, 0.2) is 17.5 Å². The highest BCUT2D eigenvalue weighted by atomic mass is 32.1. The summed E-state index contributed by atoms with van der Waals surface area (Å²) < 4.78 is 10.1. The van der Waals surface area contributed by atoms with E-state index >= 15 is 0 Å². The van der Waals surface area contributed by atoms with Crippen LogP contribution in [0.1, 0.15) is 9.67 Å². The van der Waals surface area contributed by atoms with E-state index in [0.29, 0.717) is 39.4 Å². The molecular weight excluding hydrogens is 292 g/mol. The van der Waals surface area contributed by atoms with Gasteiger partial charge >= 0.3 is 0 Å². The highest BCUT2D eigenvalue weighted by Gasteiger charge is 2.25. The first kappa shape index (κ1) is 15.9. The lowest BCUT2D eigenvalue weighted by Gasteiger charge is -2.34. The van der Waals surface area contributed by atoms with E-state index in [1.165, 1.54) is 11.3 Å². The normalized spacial score (nSPS) is 15.3. The molecule has 1 aromatic rings. The molecule has 2 rings (SSSR count). The Morgan fingerprint density at radius 1 is 1.19 bits per heavy atom. The number of hydrogen-bond acceptors (Lipinski definition) is 5. The van der Waals surface area contributed by atoms with Crippen molar-refractivity contribution < 1.29 is 19.1 Å². The van der Waals surface area contributed by atoms with Crippen molar-refractivity contribution in [2.75, 3.05) is 53.1 Å². The first-order valence-electron chi connectivity index (χ1n) is 6.89. The minimum absolute atomic E-state index is 0.0330. The Balaban J connectivity index is 1.72. The minimum Gasteiger partial charge on any atom is -0.382 e. The summed E-state index contributed by atoms with van der Waals surface area (Å²) >= 11 is 1.44. The Kier molecular flexibility index (Phi) is 6.16. The van der Waals surface area contributed by atoms with E-state index < -0.39 is 0 Å².